The van der Waals surface area contributed by atoms with Crippen LogP contribution in [0.2, 0.25) is 0 Å². The van der Waals surface area contributed by atoms with Gasteiger partial charge < -0.3 is 15.3 Å². The Morgan fingerprint density at radius 3 is 2.36 bits per heavy atom. The molecule has 5 nitrogen and oxygen atoms in total. The van der Waals surface area contributed by atoms with Crippen molar-refractivity contribution in [2.75, 3.05) is 19.7 Å². The van der Waals surface area contributed by atoms with E-state index in [1.54, 1.807) is 12.4 Å². The van der Waals surface area contributed by atoms with Gasteiger partial charge in [-0.2, -0.15) is 0 Å². The summed E-state index contributed by atoms with van der Waals surface area (Å²) in [6, 6.07) is 12.1. The maximum absolute atomic E-state index is 12.4. The number of carbonyl (C=O) groups excluding carboxylic acids is 1. The molecule has 0 spiro atoms. The van der Waals surface area contributed by atoms with Crippen molar-refractivity contribution in [1.29, 1.82) is 0 Å². The number of nitrogens with zero attached hydrogens (tertiary/aromatic N) is 2. The van der Waals surface area contributed by atoms with Gasteiger partial charge in [0.25, 0.3) is 0 Å². The highest BCUT2D eigenvalue weighted by Crippen LogP contribution is 2.22. The van der Waals surface area contributed by atoms with Gasteiger partial charge in [0.15, 0.2) is 0 Å². The summed E-state index contributed by atoms with van der Waals surface area (Å²) in [6.07, 6.45) is 5.32. The molecule has 1 aliphatic rings. The number of amides is 2. The predicted octanol–water partition coefficient (Wildman–Crippen LogP) is 3.22. The lowest BCUT2D eigenvalue weighted by molar-refractivity contribution is 0.136. The van der Waals surface area contributed by atoms with Gasteiger partial charge in [-0.25, -0.2) is 4.79 Å². The molecule has 2 heterocycles. The SMILES string of the molecule is CC(NC(=O)N1CCC(CO)CC1)c1ccc(-c2ccncc2)cc1. The second kappa shape index (κ2) is 8.12. The predicted molar refractivity (Wildman–Crippen MR) is 98.0 cm³/mol. The molecule has 1 atom stereocenters. The van der Waals surface area contributed by atoms with Crippen LogP contribution in [0.25, 0.3) is 11.1 Å². The number of rotatable bonds is 4. The molecule has 25 heavy (non-hydrogen) atoms. The minimum atomic E-state index is -0.0467. The number of urea groups is 1. The maximum Gasteiger partial charge on any atom is 0.317 e. The first-order chi connectivity index (χ1) is 12.2. The molecule has 3 rings (SSSR count). The Morgan fingerprint density at radius 1 is 1.16 bits per heavy atom. The van der Waals surface area contributed by atoms with Crippen LogP contribution in [-0.2, 0) is 0 Å². The molecule has 1 aliphatic heterocycles. The highest BCUT2D eigenvalue weighted by atomic mass is 16.3. The van der Waals surface area contributed by atoms with Crippen LogP contribution in [0.4, 0.5) is 4.79 Å². The van der Waals surface area contributed by atoms with E-state index in [-0.39, 0.29) is 18.7 Å². The lowest BCUT2D eigenvalue weighted by Gasteiger charge is -2.32. The molecule has 1 aromatic heterocycles. The molecule has 0 radical (unpaired) electrons. The van der Waals surface area contributed by atoms with Gasteiger partial charge >= 0.3 is 6.03 Å². The Hall–Kier alpha value is -2.40. The van der Waals surface area contributed by atoms with Crippen molar-refractivity contribution >= 4 is 6.03 Å². The lowest BCUT2D eigenvalue weighted by Crippen LogP contribution is -2.45. The zero-order valence-corrected chi connectivity index (χ0v) is 14.6. The van der Waals surface area contributed by atoms with Gasteiger partial charge in [0.2, 0.25) is 0 Å². The van der Waals surface area contributed by atoms with E-state index in [0.717, 1.165) is 29.5 Å². The van der Waals surface area contributed by atoms with Crippen molar-refractivity contribution < 1.29 is 9.90 Å². The van der Waals surface area contributed by atoms with E-state index in [9.17, 15) is 9.90 Å². The standard InChI is InChI=1S/C20H25N3O2/c1-15(22-20(25)23-12-8-16(14-24)9-13-23)17-2-4-18(5-3-17)19-6-10-21-11-7-19/h2-7,10-11,15-16,24H,8-9,12-14H2,1H3,(H,22,25). The van der Waals surface area contributed by atoms with Crippen LogP contribution >= 0.6 is 0 Å². The highest BCUT2D eigenvalue weighted by molar-refractivity contribution is 5.75. The summed E-state index contributed by atoms with van der Waals surface area (Å²) in [6.45, 7) is 3.64. The third-order valence-corrected chi connectivity index (χ3v) is 4.92. The second-order valence-electron chi connectivity index (χ2n) is 6.64. The largest absolute Gasteiger partial charge is 0.396 e. The molecule has 2 amide bonds. The number of benzene rings is 1. The lowest BCUT2D eigenvalue weighted by atomic mass is 9.98. The molecular weight excluding hydrogens is 314 g/mol. The van der Waals surface area contributed by atoms with Crippen LogP contribution in [0.15, 0.2) is 48.8 Å². The van der Waals surface area contributed by atoms with Crippen molar-refractivity contribution in [2.45, 2.75) is 25.8 Å². The van der Waals surface area contributed by atoms with Crippen molar-refractivity contribution in [2.24, 2.45) is 5.92 Å². The number of pyridine rings is 1. The molecule has 2 N–H and O–H groups in total. The normalized spacial score (nSPS) is 16.5. The van der Waals surface area contributed by atoms with Crippen LogP contribution in [0.5, 0.6) is 0 Å². The molecular formula is C20H25N3O2. The van der Waals surface area contributed by atoms with Gasteiger partial charge in [-0.15, -0.1) is 0 Å². The van der Waals surface area contributed by atoms with Crippen molar-refractivity contribution in [3.05, 3.63) is 54.4 Å². The average Bonchev–Trinajstić information content (AvgIpc) is 2.68. The molecule has 132 valence electrons. The van der Waals surface area contributed by atoms with E-state index >= 15 is 0 Å². The van der Waals surface area contributed by atoms with Crippen LogP contribution in [-0.4, -0.2) is 40.7 Å². The van der Waals surface area contributed by atoms with E-state index < -0.39 is 0 Å². The van der Waals surface area contributed by atoms with Gasteiger partial charge in [0.05, 0.1) is 6.04 Å². The number of aliphatic hydroxyl groups is 1. The van der Waals surface area contributed by atoms with Crippen LogP contribution in [0.3, 0.4) is 0 Å². The smallest absolute Gasteiger partial charge is 0.317 e. The van der Waals surface area contributed by atoms with Gasteiger partial charge in [0, 0.05) is 32.1 Å². The number of hydrogen-bond acceptors (Lipinski definition) is 3. The van der Waals surface area contributed by atoms with E-state index in [1.165, 1.54) is 0 Å². The Morgan fingerprint density at radius 2 is 1.76 bits per heavy atom. The topological polar surface area (TPSA) is 65.5 Å². The summed E-state index contributed by atoms with van der Waals surface area (Å²) in [5.74, 6) is 0.335. The fourth-order valence-corrected chi connectivity index (χ4v) is 3.19. The third kappa shape index (κ3) is 4.37. The summed E-state index contributed by atoms with van der Waals surface area (Å²) >= 11 is 0. The molecule has 0 aliphatic carbocycles. The second-order valence-corrected chi connectivity index (χ2v) is 6.64. The Balaban J connectivity index is 1.58. The fourth-order valence-electron chi connectivity index (χ4n) is 3.19. The minimum absolute atomic E-state index is 0.0258. The van der Waals surface area contributed by atoms with E-state index in [2.05, 4.69) is 34.6 Å². The van der Waals surface area contributed by atoms with Crippen LogP contribution < -0.4 is 5.32 Å². The van der Waals surface area contributed by atoms with Crippen molar-refractivity contribution in [3.63, 3.8) is 0 Å². The first-order valence-electron chi connectivity index (χ1n) is 8.84. The summed E-state index contributed by atoms with van der Waals surface area (Å²) in [7, 11) is 0. The van der Waals surface area contributed by atoms with Crippen molar-refractivity contribution in [1.82, 2.24) is 15.2 Å². The summed E-state index contributed by atoms with van der Waals surface area (Å²) in [5, 5.41) is 12.3. The molecule has 1 saturated heterocycles. The Bertz CT molecular complexity index is 680. The van der Waals surface area contributed by atoms with E-state index in [4.69, 9.17) is 0 Å². The molecule has 1 fully saturated rings. The minimum Gasteiger partial charge on any atom is -0.396 e. The van der Waals surface area contributed by atoms with Gasteiger partial charge in [-0.1, -0.05) is 24.3 Å². The summed E-state index contributed by atoms with van der Waals surface area (Å²) in [5.41, 5.74) is 3.34. The van der Waals surface area contributed by atoms with Crippen LogP contribution in [0, 0.1) is 5.92 Å². The zero-order valence-electron chi connectivity index (χ0n) is 14.6. The number of nitrogens with one attached hydrogen (secondary N) is 1. The number of hydrogen-bond donors (Lipinski definition) is 2. The molecule has 2 aromatic rings. The molecule has 1 unspecified atom stereocenters. The fraction of sp³-hybridized carbons (Fsp3) is 0.400. The number of likely N-dealkylation sites (tertiary alicyclic amines) is 1. The molecule has 0 bridgehead atoms. The van der Waals surface area contributed by atoms with Gasteiger partial charge in [-0.05, 0) is 54.5 Å². The van der Waals surface area contributed by atoms with E-state index in [1.807, 2.05) is 24.0 Å². The average molecular weight is 339 g/mol. The molecule has 0 saturated carbocycles. The number of aromatic nitrogens is 1. The van der Waals surface area contributed by atoms with Gasteiger partial charge in [-0.3, -0.25) is 4.98 Å². The zero-order chi connectivity index (χ0) is 17.6. The first-order valence-corrected chi connectivity index (χ1v) is 8.84. The third-order valence-electron chi connectivity index (χ3n) is 4.92. The number of aliphatic hydroxyl groups excluding tert-OH is 1. The quantitative estimate of drug-likeness (QED) is 0.899. The molecule has 5 heteroatoms. The summed E-state index contributed by atoms with van der Waals surface area (Å²) < 4.78 is 0. The van der Waals surface area contributed by atoms with Crippen molar-refractivity contribution in [3.8, 4) is 11.1 Å². The monoisotopic (exact) mass is 339 g/mol. The van der Waals surface area contributed by atoms with Crippen LogP contribution in [0.1, 0.15) is 31.4 Å². The number of piperidine rings is 1. The Labute approximate surface area is 148 Å². The highest BCUT2D eigenvalue weighted by Gasteiger charge is 2.23. The Kier molecular flexibility index (Phi) is 5.66. The first kappa shape index (κ1) is 17.4. The molecule has 1 aromatic carbocycles. The van der Waals surface area contributed by atoms with Gasteiger partial charge in [0.1, 0.15) is 0 Å². The summed E-state index contributed by atoms with van der Waals surface area (Å²) in [4.78, 5) is 18.3. The number of carbonyl (C=O) groups is 1. The maximum atomic E-state index is 12.4. The van der Waals surface area contributed by atoms with E-state index in [0.29, 0.717) is 19.0 Å².